The first-order valence-electron chi connectivity index (χ1n) is 5.79. The van der Waals surface area contributed by atoms with Crippen molar-refractivity contribution in [3.8, 4) is 0 Å². The van der Waals surface area contributed by atoms with Gasteiger partial charge in [-0.2, -0.15) is 0 Å². The molecule has 3 nitrogen and oxygen atoms in total. The number of hydrogen-bond donors (Lipinski definition) is 1. The molecule has 0 saturated heterocycles. The fourth-order valence-electron chi connectivity index (χ4n) is 1.80. The van der Waals surface area contributed by atoms with Crippen LogP contribution in [0.25, 0.3) is 11.0 Å². The highest BCUT2D eigenvalue weighted by Crippen LogP contribution is 2.23. The van der Waals surface area contributed by atoms with Crippen LogP contribution in [0.15, 0.2) is 28.7 Å². The van der Waals surface area contributed by atoms with Crippen LogP contribution in [0.5, 0.6) is 0 Å². The molecule has 0 aliphatic rings. The largest absolute Gasteiger partial charge is 0.453 e. The number of fused-ring (bicyclic) bond motifs is 1. The third-order valence-corrected chi connectivity index (χ3v) is 3.00. The van der Waals surface area contributed by atoms with Crippen molar-refractivity contribution < 1.29 is 9.21 Å². The van der Waals surface area contributed by atoms with E-state index in [4.69, 9.17) is 10.2 Å². The molecular weight excluding hydrogens is 214 g/mol. The average Bonchev–Trinajstić information content (AvgIpc) is 2.72. The van der Waals surface area contributed by atoms with Gasteiger partial charge in [-0.1, -0.05) is 32.0 Å². The van der Waals surface area contributed by atoms with Gasteiger partial charge in [-0.05, 0) is 24.5 Å². The smallest absolute Gasteiger partial charge is 0.214 e. The van der Waals surface area contributed by atoms with Gasteiger partial charge in [-0.15, -0.1) is 0 Å². The molecule has 2 rings (SSSR count). The number of carbonyl (C=O) groups excluding carboxylic acids is 1. The summed E-state index contributed by atoms with van der Waals surface area (Å²) in [7, 11) is 0. The number of ketones is 1. The first kappa shape index (κ1) is 11.9. The van der Waals surface area contributed by atoms with E-state index in [0.29, 0.717) is 5.76 Å². The van der Waals surface area contributed by atoms with Crippen molar-refractivity contribution in [3.05, 3.63) is 35.6 Å². The minimum atomic E-state index is -0.504. The third kappa shape index (κ3) is 2.11. The fraction of sp³-hybridized carbons (Fsp3) is 0.357. The van der Waals surface area contributed by atoms with Gasteiger partial charge in [-0.3, -0.25) is 4.79 Å². The summed E-state index contributed by atoms with van der Waals surface area (Å²) in [6.45, 7) is 5.81. The normalized spacial score (nSPS) is 13.2. The lowest BCUT2D eigenvalue weighted by Crippen LogP contribution is -2.35. The summed E-state index contributed by atoms with van der Waals surface area (Å²) < 4.78 is 5.60. The van der Waals surface area contributed by atoms with Gasteiger partial charge in [0.1, 0.15) is 5.58 Å². The summed E-state index contributed by atoms with van der Waals surface area (Å²) in [6, 6.07) is 7.11. The van der Waals surface area contributed by atoms with E-state index in [1.165, 1.54) is 0 Å². The Labute approximate surface area is 101 Å². The van der Waals surface area contributed by atoms with Gasteiger partial charge in [0, 0.05) is 5.39 Å². The van der Waals surface area contributed by atoms with E-state index in [9.17, 15) is 4.79 Å². The van der Waals surface area contributed by atoms with E-state index in [0.717, 1.165) is 16.5 Å². The number of para-hydroxylation sites is 1. The molecule has 0 fully saturated rings. The second-order valence-corrected chi connectivity index (χ2v) is 4.74. The maximum atomic E-state index is 12.0. The summed E-state index contributed by atoms with van der Waals surface area (Å²) in [5.41, 5.74) is 7.64. The van der Waals surface area contributed by atoms with E-state index in [2.05, 4.69) is 0 Å². The van der Waals surface area contributed by atoms with Crippen LogP contribution >= 0.6 is 0 Å². The Morgan fingerprint density at radius 3 is 2.65 bits per heavy atom. The Morgan fingerprint density at radius 2 is 2.06 bits per heavy atom. The van der Waals surface area contributed by atoms with Crippen molar-refractivity contribution >= 4 is 16.8 Å². The summed E-state index contributed by atoms with van der Waals surface area (Å²) >= 11 is 0. The maximum Gasteiger partial charge on any atom is 0.214 e. The van der Waals surface area contributed by atoms with Gasteiger partial charge in [0.25, 0.3) is 0 Å². The molecule has 0 amide bonds. The number of Topliss-reactive ketones (excluding diaryl/α,β-unsaturated/α-hetero) is 1. The molecule has 0 saturated carbocycles. The second kappa shape index (κ2) is 4.34. The molecule has 1 heterocycles. The molecule has 0 aliphatic heterocycles. The number of benzene rings is 1. The van der Waals surface area contributed by atoms with Crippen LogP contribution in [-0.2, 0) is 0 Å². The highest BCUT2D eigenvalue weighted by molar-refractivity contribution is 6.01. The van der Waals surface area contributed by atoms with E-state index in [1.807, 2.05) is 39.0 Å². The number of furan rings is 1. The van der Waals surface area contributed by atoms with Crippen molar-refractivity contribution in [2.75, 3.05) is 0 Å². The zero-order valence-corrected chi connectivity index (χ0v) is 10.4. The Bertz CT molecular complexity index is 554. The van der Waals surface area contributed by atoms with Gasteiger partial charge >= 0.3 is 0 Å². The standard InChI is InChI=1S/C14H17NO2/c1-8(2)12(15)13(16)11-7-10-6-4-5-9(3)14(10)17-11/h4-8,12H,15H2,1-3H3. The van der Waals surface area contributed by atoms with E-state index < -0.39 is 6.04 Å². The number of carbonyl (C=O) groups is 1. The van der Waals surface area contributed by atoms with Gasteiger partial charge in [-0.25, -0.2) is 0 Å². The zero-order valence-electron chi connectivity index (χ0n) is 10.4. The van der Waals surface area contributed by atoms with Crippen LogP contribution in [0, 0.1) is 12.8 Å². The summed E-state index contributed by atoms with van der Waals surface area (Å²) in [6.07, 6.45) is 0. The number of aryl methyl sites for hydroxylation is 1. The van der Waals surface area contributed by atoms with Gasteiger partial charge in [0.2, 0.25) is 5.78 Å². The van der Waals surface area contributed by atoms with Crippen molar-refractivity contribution in [1.82, 2.24) is 0 Å². The molecule has 0 aliphatic carbocycles. The molecule has 2 aromatic rings. The van der Waals surface area contributed by atoms with E-state index in [-0.39, 0.29) is 11.7 Å². The molecule has 3 heteroatoms. The lowest BCUT2D eigenvalue weighted by Gasteiger charge is -2.11. The van der Waals surface area contributed by atoms with Crippen molar-refractivity contribution in [1.29, 1.82) is 0 Å². The number of hydrogen-bond acceptors (Lipinski definition) is 3. The molecule has 1 unspecified atom stereocenters. The Balaban J connectivity index is 2.44. The highest BCUT2D eigenvalue weighted by atomic mass is 16.3. The van der Waals surface area contributed by atoms with Crippen LogP contribution in [0.2, 0.25) is 0 Å². The number of rotatable bonds is 3. The topological polar surface area (TPSA) is 56.2 Å². The third-order valence-electron chi connectivity index (χ3n) is 3.00. The minimum absolute atomic E-state index is 0.108. The van der Waals surface area contributed by atoms with Gasteiger partial charge in [0.05, 0.1) is 6.04 Å². The molecule has 17 heavy (non-hydrogen) atoms. The second-order valence-electron chi connectivity index (χ2n) is 4.74. The first-order valence-corrected chi connectivity index (χ1v) is 5.79. The molecule has 0 radical (unpaired) electrons. The Morgan fingerprint density at radius 1 is 1.35 bits per heavy atom. The monoisotopic (exact) mass is 231 g/mol. The molecule has 0 bridgehead atoms. The quantitative estimate of drug-likeness (QED) is 0.826. The molecule has 90 valence electrons. The SMILES string of the molecule is Cc1cccc2cc(C(=O)C(N)C(C)C)oc12. The lowest BCUT2D eigenvalue weighted by molar-refractivity contribution is 0.0915. The molecule has 0 spiro atoms. The highest BCUT2D eigenvalue weighted by Gasteiger charge is 2.22. The van der Waals surface area contributed by atoms with Crippen molar-refractivity contribution in [2.24, 2.45) is 11.7 Å². The lowest BCUT2D eigenvalue weighted by atomic mass is 9.99. The first-order chi connectivity index (χ1) is 8.00. The van der Waals surface area contributed by atoms with E-state index in [1.54, 1.807) is 6.07 Å². The van der Waals surface area contributed by atoms with Crippen LogP contribution in [0.3, 0.4) is 0 Å². The van der Waals surface area contributed by atoms with Crippen LogP contribution < -0.4 is 5.73 Å². The van der Waals surface area contributed by atoms with E-state index >= 15 is 0 Å². The molecule has 1 aromatic heterocycles. The fourth-order valence-corrected chi connectivity index (χ4v) is 1.80. The predicted octanol–water partition coefficient (Wildman–Crippen LogP) is 2.91. The van der Waals surface area contributed by atoms with Crippen molar-refractivity contribution in [3.63, 3.8) is 0 Å². The molecule has 1 aromatic carbocycles. The Hall–Kier alpha value is -1.61. The van der Waals surface area contributed by atoms with Crippen LogP contribution in [-0.4, -0.2) is 11.8 Å². The average molecular weight is 231 g/mol. The minimum Gasteiger partial charge on any atom is -0.453 e. The summed E-state index contributed by atoms with van der Waals surface area (Å²) in [4.78, 5) is 12.0. The maximum absolute atomic E-state index is 12.0. The molecule has 1 atom stereocenters. The summed E-state index contributed by atoms with van der Waals surface area (Å²) in [5.74, 6) is 0.336. The van der Waals surface area contributed by atoms with Crippen LogP contribution in [0.4, 0.5) is 0 Å². The van der Waals surface area contributed by atoms with Gasteiger partial charge in [0.15, 0.2) is 5.76 Å². The Kier molecular flexibility index (Phi) is 3.03. The molecular formula is C14H17NO2. The number of nitrogens with two attached hydrogens (primary N) is 1. The van der Waals surface area contributed by atoms with Crippen LogP contribution in [0.1, 0.15) is 30.0 Å². The zero-order chi connectivity index (χ0) is 12.6. The molecule has 2 N–H and O–H groups in total. The van der Waals surface area contributed by atoms with Gasteiger partial charge < -0.3 is 10.2 Å². The predicted molar refractivity (Wildman–Crippen MR) is 68.1 cm³/mol. The summed E-state index contributed by atoms with van der Waals surface area (Å²) in [5, 5.41) is 0.948. The van der Waals surface area contributed by atoms with Crippen molar-refractivity contribution in [2.45, 2.75) is 26.8 Å².